The van der Waals surface area contributed by atoms with Crippen molar-refractivity contribution in [2.24, 2.45) is 0 Å². The van der Waals surface area contributed by atoms with Crippen LogP contribution in [0.25, 0.3) is 0 Å². The van der Waals surface area contributed by atoms with Crippen molar-refractivity contribution in [3.63, 3.8) is 0 Å². The number of benzene rings is 1. The highest BCUT2D eigenvalue weighted by Crippen LogP contribution is 2.22. The molecule has 1 aromatic carbocycles. The summed E-state index contributed by atoms with van der Waals surface area (Å²) in [4.78, 5) is 0. The molecule has 0 atom stereocenters. The highest BCUT2D eigenvalue weighted by atomic mass is 28.3. The molecule has 0 radical (unpaired) electrons. The topological polar surface area (TPSA) is 0 Å². The van der Waals surface area contributed by atoms with Gasteiger partial charge < -0.3 is 0 Å². The van der Waals surface area contributed by atoms with E-state index in [1.165, 1.54) is 11.1 Å². The van der Waals surface area contributed by atoms with E-state index in [-0.39, 0.29) is 0 Å². The molecule has 1 heteroatoms. The summed E-state index contributed by atoms with van der Waals surface area (Å²) in [5.74, 6) is 0. The number of hydrogen-bond acceptors (Lipinski definition) is 0. The Morgan fingerprint density at radius 3 is 1.93 bits per heavy atom. The van der Waals surface area contributed by atoms with E-state index in [2.05, 4.69) is 63.8 Å². The molecule has 0 unspecified atom stereocenters. The van der Waals surface area contributed by atoms with Crippen LogP contribution in [0.1, 0.15) is 19.4 Å². The monoisotopic (exact) mass is 218 g/mol. The summed E-state index contributed by atoms with van der Waals surface area (Å²) in [6.45, 7) is 11.8. The van der Waals surface area contributed by atoms with Crippen LogP contribution in [0.2, 0.25) is 19.6 Å². The van der Waals surface area contributed by atoms with Gasteiger partial charge in [0.05, 0.1) is 8.07 Å². The maximum Gasteiger partial charge on any atom is 0.0727 e. The van der Waals surface area contributed by atoms with E-state index in [1.54, 1.807) is 5.20 Å². The van der Waals surface area contributed by atoms with Crippen molar-refractivity contribution < 1.29 is 0 Å². The van der Waals surface area contributed by atoms with Crippen LogP contribution in [0.15, 0.2) is 41.1 Å². The van der Waals surface area contributed by atoms with Crippen LogP contribution in [-0.4, -0.2) is 8.07 Å². The highest BCUT2D eigenvalue weighted by molar-refractivity contribution is 6.83. The van der Waals surface area contributed by atoms with Gasteiger partial charge >= 0.3 is 0 Å². The minimum Gasteiger partial charge on any atom is -0.0807 e. The zero-order valence-corrected chi connectivity index (χ0v) is 11.6. The van der Waals surface area contributed by atoms with Crippen LogP contribution >= 0.6 is 0 Å². The zero-order chi connectivity index (χ0) is 11.5. The predicted octanol–water partition coefficient (Wildman–Crippen LogP) is 4.44. The average Bonchev–Trinajstić information content (AvgIpc) is 2.13. The van der Waals surface area contributed by atoms with Gasteiger partial charge in [0.25, 0.3) is 0 Å². The van der Waals surface area contributed by atoms with Crippen LogP contribution in [0.4, 0.5) is 0 Å². The van der Waals surface area contributed by atoms with Gasteiger partial charge in [-0.15, -0.1) is 0 Å². The van der Waals surface area contributed by atoms with E-state index in [1.807, 2.05) is 0 Å². The summed E-state index contributed by atoms with van der Waals surface area (Å²) in [6.07, 6.45) is 1.14. The van der Waals surface area contributed by atoms with Crippen LogP contribution in [0, 0.1) is 0 Å². The van der Waals surface area contributed by atoms with Gasteiger partial charge in [-0.1, -0.05) is 60.7 Å². The Balaban J connectivity index is 2.93. The summed E-state index contributed by atoms with van der Waals surface area (Å²) in [5.41, 5.74) is 2.95. The lowest BCUT2D eigenvalue weighted by Gasteiger charge is -2.23. The first-order valence-corrected chi connectivity index (χ1v) is 9.12. The summed E-state index contributed by atoms with van der Waals surface area (Å²) in [7, 11) is -1.15. The van der Waals surface area contributed by atoms with Crippen molar-refractivity contribution in [2.45, 2.75) is 39.9 Å². The third kappa shape index (κ3) is 3.67. The lowest BCUT2D eigenvalue weighted by molar-refractivity contribution is 1.16. The van der Waals surface area contributed by atoms with E-state index >= 15 is 0 Å². The maximum absolute atomic E-state index is 2.43. The van der Waals surface area contributed by atoms with Gasteiger partial charge in [0.15, 0.2) is 0 Å². The number of allylic oxidation sites excluding steroid dienone is 2. The molecule has 0 aliphatic heterocycles. The molecule has 1 aromatic rings. The first kappa shape index (κ1) is 12.2. The van der Waals surface area contributed by atoms with Gasteiger partial charge in [0.2, 0.25) is 0 Å². The quantitative estimate of drug-likeness (QED) is 0.658. The van der Waals surface area contributed by atoms with Crippen LogP contribution in [0.3, 0.4) is 0 Å². The summed E-state index contributed by atoms with van der Waals surface area (Å²) >= 11 is 0. The van der Waals surface area contributed by atoms with Gasteiger partial charge in [0, 0.05) is 0 Å². The molecule has 0 saturated carbocycles. The molecule has 0 aliphatic rings. The Kier molecular flexibility index (Phi) is 3.92. The third-order valence-corrected chi connectivity index (χ3v) is 5.22. The van der Waals surface area contributed by atoms with Crippen molar-refractivity contribution >= 4 is 8.07 Å². The molecule has 15 heavy (non-hydrogen) atoms. The molecule has 0 saturated heterocycles. The SMILES string of the molecule is CC(C)=C(Cc1ccccc1)[Si](C)(C)C. The standard InChI is InChI=1S/C14H22Si/c1-12(2)14(15(3,4)5)11-13-9-7-6-8-10-13/h6-10H,11H2,1-5H3. The van der Waals surface area contributed by atoms with Crippen molar-refractivity contribution in [3.05, 3.63) is 46.7 Å². The summed E-state index contributed by atoms with van der Waals surface area (Å²) in [5, 5.41) is 1.69. The van der Waals surface area contributed by atoms with Gasteiger partial charge in [-0.05, 0) is 25.8 Å². The highest BCUT2D eigenvalue weighted by Gasteiger charge is 2.20. The van der Waals surface area contributed by atoms with Crippen LogP contribution < -0.4 is 0 Å². The number of hydrogen-bond donors (Lipinski definition) is 0. The molecule has 0 spiro atoms. The van der Waals surface area contributed by atoms with E-state index in [0.29, 0.717) is 0 Å². The predicted molar refractivity (Wildman–Crippen MR) is 71.9 cm³/mol. The van der Waals surface area contributed by atoms with E-state index in [9.17, 15) is 0 Å². The lowest BCUT2D eigenvalue weighted by Crippen LogP contribution is -2.26. The second kappa shape index (κ2) is 4.80. The Hall–Kier alpha value is -0.823. The molecule has 0 nitrogen and oxygen atoms in total. The van der Waals surface area contributed by atoms with Crippen molar-refractivity contribution in [3.8, 4) is 0 Å². The van der Waals surface area contributed by atoms with E-state index < -0.39 is 8.07 Å². The molecule has 0 N–H and O–H groups in total. The van der Waals surface area contributed by atoms with Gasteiger partial charge in [-0.3, -0.25) is 0 Å². The van der Waals surface area contributed by atoms with E-state index in [4.69, 9.17) is 0 Å². The maximum atomic E-state index is 2.43. The molecular formula is C14H22Si. The second-order valence-electron chi connectivity index (χ2n) is 5.39. The Bertz CT molecular complexity index is 337. The molecule has 0 bridgehead atoms. The Morgan fingerprint density at radius 1 is 1.00 bits per heavy atom. The molecular weight excluding hydrogens is 196 g/mol. The summed E-state index contributed by atoms with van der Waals surface area (Å²) in [6, 6.07) is 10.8. The van der Waals surface area contributed by atoms with Gasteiger partial charge in [0.1, 0.15) is 0 Å². The van der Waals surface area contributed by atoms with Crippen LogP contribution in [-0.2, 0) is 6.42 Å². The van der Waals surface area contributed by atoms with Crippen molar-refractivity contribution in [2.75, 3.05) is 0 Å². The minimum absolute atomic E-state index is 1.14. The first-order valence-electron chi connectivity index (χ1n) is 5.62. The molecule has 0 aliphatic carbocycles. The molecule has 0 amide bonds. The fourth-order valence-corrected chi connectivity index (χ4v) is 4.23. The summed E-state index contributed by atoms with van der Waals surface area (Å²) < 4.78 is 0. The Labute approximate surface area is 95.0 Å². The van der Waals surface area contributed by atoms with Crippen molar-refractivity contribution in [1.82, 2.24) is 0 Å². The largest absolute Gasteiger partial charge is 0.0807 e. The fraction of sp³-hybridized carbons (Fsp3) is 0.429. The smallest absolute Gasteiger partial charge is 0.0727 e. The van der Waals surface area contributed by atoms with Gasteiger partial charge in [-0.25, -0.2) is 0 Å². The second-order valence-corrected chi connectivity index (χ2v) is 10.5. The Morgan fingerprint density at radius 2 is 1.53 bits per heavy atom. The number of rotatable bonds is 3. The van der Waals surface area contributed by atoms with E-state index in [0.717, 1.165) is 6.42 Å². The molecule has 0 aromatic heterocycles. The van der Waals surface area contributed by atoms with Crippen molar-refractivity contribution in [1.29, 1.82) is 0 Å². The minimum atomic E-state index is -1.15. The lowest BCUT2D eigenvalue weighted by atomic mass is 10.1. The molecule has 0 fully saturated rings. The average molecular weight is 218 g/mol. The first-order chi connectivity index (χ1) is 6.91. The molecule has 1 rings (SSSR count). The molecule has 0 heterocycles. The normalized spacial score (nSPS) is 11.3. The van der Waals surface area contributed by atoms with Crippen LogP contribution in [0.5, 0.6) is 0 Å². The third-order valence-electron chi connectivity index (χ3n) is 2.73. The molecule has 82 valence electrons. The van der Waals surface area contributed by atoms with Gasteiger partial charge in [-0.2, -0.15) is 0 Å². The zero-order valence-electron chi connectivity index (χ0n) is 10.6. The fourth-order valence-electron chi connectivity index (χ4n) is 1.99.